The molecule has 0 bridgehead atoms. The second-order valence-corrected chi connectivity index (χ2v) is 9.39. The van der Waals surface area contributed by atoms with Crippen LogP contribution in [0.4, 0.5) is 0 Å². The molecule has 4 aliphatic rings. The molecule has 4 aliphatic carbocycles. The molecular weight excluding hydrogens is 268 g/mol. The van der Waals surface area contributed by atoms with E-state index in [0.29, 0.717) is 10.8 Å². The molecule has 0 saturated heterocycles. The Morgan fingerprint density at radius 3 is 2.59 bits per heavy atom. The van der Waals surface area contributed by atoms with Crippen molar-refractivity contribution in [3.8, 4) is 0 Å². The summed E-state index contributed by atoms with van der Waals surface area (Å²) < 4.78 is 0. The third kappa shape index (κ3) is 1.93. The van der Waals surface area contributed by atoms with Gasteiger partial charge in [-0.2, -0.15) is 0 Å². The fraction of sp³-hybridized carbons (Fsp3) is 0.905. The van der Waals surface area contributed by atoms with E-state index in [4.69, 9.17) is 0 Å². The largest absolute Gasteiger partial charge is 0.393 e. The van der Waals surface area contributed by atoms with Gasteiger partial charge in [0.1, 0.15) is 0 Å². The minimum Gasteiger partial charge on any atom is -0.393 e. The van der Waals surface area contributed by atoms with Gasteiger partial charge in [-0.15, -0.1) is 0 Å². The van der Waals surface area contributed by atoms with Crippen LogP contribution in [-0.4, -0.2) is 11.2 Å². The van der Waals surface area contributed by atoms with Crippen molar-refractivity contribution in [3.63, 3.8) is 0 Å². The number of rotatable bonds is 0. The van der Waals surface area contributed by atoms with Gasteiger partial charge in [-0.3, -0.25) is 0 Å². The molecule has 4 saturated carbocycles. The Hall–Kier alpha value is -0.300. The first-order valence-electron chi connectivity index (χ1n) is 9.83. The molecule has 1 N–H and O–H groups in total. The summed E-state index contributed by atoms with van der Waals surface area (Å²) in [7, 11) is 0. The van der Waals surface area contributed by atoms with E-state index < -0.39 is 0 Å². The lowest BCUT2D eigenvalue weighted by Gasteiger charge is -2.60. The molecule has 22 heavy (non-hydrogen) atoms. The Morgan fingerprint density at radius 2 is 1.82 bits per heavy atom. The zero-order valence-corrected chi connectivity index (χ0v) is 14.8. The molecular formula is C21H34O. The molecule has 4 rings (SSSR count). The van der Waals surface area contributed by atoms with Gasteiger partial charge in [-0.05, 0) is 99.2 Å². The van der Waals surface area contributed by atoms with Gasteiger partial charge in [0.25, 0.3) is 0 Å². The molecule has 0 aromatic heterocycles. The second kappa shape index (κ2) is 5.10. The van der Waals surface area contributed by atoms with E-state index in [2.05, 4.69) is 26.8 Å². The lowest BCUT2D eigenvalue weighted by Crippen LogP contribution is -2.53. The second-order valence-electron chi connectivity index (χ2n) is 9.39. The van der Waals surface area contributed by atoms with E-state index in [1.54, 1.807) is 5.57 Å². The van der Waals surface area contributed by atoms with Crippen molar-refractivity contribution in [1.29, 1.82) is 0 Å². The van der Waals surface area contributed by atoms with Crippen molar-refractivity contribution in [3.05, 3.63) is 11.6 Å². The molecule has 0 radical (unpaired) electrons. The van der Waals surface area contributed by atoms with Gasteiger partial charge in [0.05, 0.1) is 6.10 Å². The lowest BCUT2D eigenvalue weighted by atomic mass is 9.45. The fourth-order valence-corrected chi connectivity index (χ4v) is 7.56. The van der Waals surface area contributed by atoms with E-state index in [9.17, 15) is 5.11 Å². The van der Waals surface area contributed by atoms with Crippen molar-refractivity contribution < 1.29 is 5.11 Å². The van der Waals surface area contributed by atoms with Gasteiger partial charge in [-0.25, -0.2) is 0 Å². The Bertz CT molecular complexity index is 480. The van der Waals surface area contributed by atoms with Crippen molar-refractivity contribution >= 4 is 0 Å². The van der Waals surface area contributed by atoms with E-state index in [1.165, 1.54) is 44.9 Å². The first-order valence-corrected chi connectivity index (χ1v) is 9.83. The lowest BCUT2D eigenvalue weighted by molar-refractivity contribution is -0.116. The smallest absolute Gasteiger partial charge is 0.0543 e. The summed E-state index contributed by atoms with van der Waals surface area (Å²) in [5, 5.41) is 10.1. The SMILES string of the molecule is C/C=C1/CCC2C3CC[C@H]4CC(O)CCC4(C)C3CC[C@]12C. The Kier molecular flexibility index (Phi) is 3.53. The van der Waals surface area contributed by atoms with Crippen molar-refractivity contribution in [2.24, 2.45) is 34.5 Å². The van der Waals surface area contributed by atoms with Crippen LogP contribution in [-0.2, 0) is 0 Å². The summed E-state index contributed by atoms with van der Waals surface area (Å²) in [6.45, 7) is 7.43. The number of fused-ring (bicyclic) bond motifs is 5. The first kappa shape index (κ1) is 15.2. The Labute approximate surface area is 136 Å². The molecule has 0 aromatic carbocycles. The average Bonchev–Trinajstić information content (AvgIpc) is 2.84. The van der Waals surface area contributed by atoms with Crippen LogP contribution < -0.4 is 0 Å². The summed E-state index contributed by atoms with van der Waals surface area (Å²) in [4.78, 5) is 0. The minimum absolute atomic E-state index is 0.00964. The van der Waals surface area contributed by atoms with Crippen LogP contribution in [0.25, 0.3) is 0 Å². The van der Waals surface area contributed by atoms with E-state index >= 15 is 0 Å². The molecule has 0 amide bonds. The number of aliphatic hydroxyl groups is 1. The Balaban J connectivity index is 1.63. The van der Waals surface area contributed by atoms with Crippen molar-refractivity contribution in [2.75, 3.05) is 0 Å². The maximum absolute atomic E-state index is 10.1. The van der Waals surface area contributed by atoms with Crippen LogP contribution in [0.5, 0.6) is 0 Å². The zero-order chi connectivity index (χ0) is 15.5. The highest BCUT2D eigenvalue weighted by molar-refractivity contribution is 5.23. The number of hydrogen-bond donors (Lipinski definition) is 1. The summed E-state index contributed by atoms with van der Waals surface area (Å²) in [5.74, 6) is 3.65. The third-order valence-corrected chi connectivity index (χ3v) is 8.83. The standard InChI is InChI=1S/C21H34O/c1-4-14-6-8-18-17-7-5-15-13-16(22)9-11-21(15,3)19(17)10-12-20(14,18)2/h4,15-19,22H,5-13H2,1-3H3/b14-4-/t15-,16?,17?,18?,19?,20+,21?/m0/s1. The number of hydrogen-bond acceptors (Lipinski definition) is 1. The topological polar surface area (TPSA) is 20.2 Å². The minimum atomic E-state index is -0.00964. The predicted molar refractivity (Wildman–Crippen MR) is 91.5 cm³/mol. The molecule has 1 heteroatoms. The molecule has 0 aliphatic heterocycles. The van der Waals surface area contributed by atoms with Crippen LogP contribution in [0, 0.1) is 34.5 Å². The van der Waals surface area contributed by atoms with Crippen molar-refractivity contribution in [2.45, 2.75) is 84.7 Å². The molecule has 0 aromatic rings. The molecule has 124 valence electrons. The van der Waals surface area contributed by atoms with Crippen LogP contribution >= 0.6 is 0 Å². The maximum atomic E-state index is 10.1. The predicted octanol–water partition coefficient (Wildman–Crippen LogP) is 5.34. The molecule has 0 spiro atoms. The van der Waals surface area contributed by atoms with E-state index in [1.807, 2.05) is 0 Å². The molecule has 0 heterocycles. The highest BCUT2D eigenvalue weighted by atomic mass is 16.3. The first-order chi connectivity index (χ1) is 10.5. The highest BCUT2D eigenvalue weighted by Gasteiger charge is 2.58. The summed E-state index contributed by atoms with van der Waals surface area (Å²) >= 11 is 0. The number of aliphatic hydroxyl groups excluding tert-OH is 1. The summed E-state index contributed by atoms with van der Waals surface area (Å²) in [6, 6.07) is 0. The fourth-order valence-electron chi connectivity index (χ4n) is 7.56. The quantitative estimate of drug-likeness (QED) is 0.599. The normalized spacial score (nSPS) is 56.4. The van der Waals surface area contributed by atoms with Crippen LogP contribution in [0.2, 0.25) is 0 Å². The van der Waals surface area contributed by atoms with Gasteiger partial charge in [0.2, 0.25) is 0 Å². The van der Waals surface area contributed by atoms with Crippen LogP contribution in [0.1, 0.15) is 78.6 Å². The zero-order valence-electron chi connectivity index (χ0n) is 14.8. The summed E-state index contributed by atoms with van der Waals surface area (Å²) in [6.07, 6.45) is 14.3. The highest BCUT2D eigenvalue weighted by Crippen LogP contribution is 2.67. The van der Waals surface area contributed by atoms with Gasteiger partial charge in [-0.1, -0.05) is 25.5 Å². The van der Waals surface area contributed by atoms with E-state index in [-0.39, 0.29) is 6.10 Å². The summed E-state index contributed by atoms with van der Waals surface area (Å²) in [5.41, 5.74) is 2.82. The van der Waals surface area contributed by atoms with Crippen LogP contribution in [0.3, 0.4) is 0 Å². The maximum Gasteiger partial charge on any atom is 0.0543 e. The molecule has 4 fully saturated rings. The average molecular weight is 303 g/mol. The Morgan fingerprint density at radius 1 is 1.00 bits per heavy atom. The molecule has 5 unspecified atom stereocenters. The van der Waals surface area contributed by atoms with Gasteiger partial charge < -0.3 is 5.11 Å². The number of allylic oxidation sites excluding steroid dienone is 2. The van der Waals surface area contributed by atoms with E-state index in [0.717, 1.165) is 36.5 Å². The molecule has 1 nitrogen and oxygen atoms in total. The molecule has 7 atom stereocenters. The monoisotopic (exact) mass is 302 g/mol. The van der Waals surface area contributed by atoms with Gasteiger partial charge >= 0.3 is 0 Å². The van der Waals surface area contributed by atoms with Crippen molar-refractivity contribution in [1.82, 2.24) is 0 Å². The van der Waals surface area contributed by atoms with Gasteiger partial charge in [0.15, 0.2) is 0 Å². The van der Waals surface area contributed by atoms with Gasteiger partial charge in [0, 0.05) is 0 Å². The van der Waals surface area contributed by atoms with Crippen LogP contribution in [0.15, 0.2) is 11.6 Å². The third-order valence-electron chi connectivity index (χ3n) is 8.83.